The van der Waals surface area contributed by atoms with Crippen LogP contribution < -0.4 is 4.90 Å². The van der Waals surface area contributed by atoms with Crippen LogP contribution in [0.2, 0.25) is 0 Å². The van der Waals surface area contributed by atoms with E-state index in [0.29, 0.717) is 6.54 Å². The summed E-state index contributed by atoms with van der Waals surface area (Å²) in [7, 11) is 1.93. The van der Waals surface area contributed by atoms with Gasteiger partial charge in [-0.05, 0) is 25.5 Å². The molecule has 0 heterocycles. The van der Waals surface area contributed by atoms with Crippen molar-refractivity contribution in [2.75, 3.05) is 18.5 Å². The minimum absolute atomic E-state index is 0.356. The summed E-state index contributed by atoms with van der Waals surface area (Å²) in [5, 5.41) is 8.86. The molecule has 1 aromatic carbocycles. The van der Waals surface area contributed by atoms with E-state index in [1.807, 2.05) is 31.0 Å². The zero-order valence-corrected chi connectivity index (χ0v) is 10.3. The van der Waals surface area contributed by atoms with Crippen molar-refractivity contribution in [1.29, 1.82) is 0 Å². The number of aryl methyl sites for hydroxylation is 2. The zero-order chi connectivity index (χ0) is 12.3. The number of nitrogens with zero attached hydrogens (tertiary/aromatic N) is 1. The van der Waals surface area contributed by atoms with Gasteiger partial charge in [0.25, 0.3) is 0 Å². The second kappa shape index (κ2) is 5.01. The normalized spacial score (nSPS) is 12.2. The average molecular weight is 221 g/mol. The summed E-state index contributed by atoms with van der Waals surface area (Å²) < 4.78 is 0. The molecule has 0 saturated carbocycles. The highest BCUT2D eigenvalue weighted by Gasteiger charge is 2.14. The first-order valence-electron chi connectivity index (χ1n) is 5.43. The van der Waals surface area contributed by atoms with Gasteiger partial charge in [-0.25, -0.2) is 0 Å². The van der Waals surface area contributed by atoms with Gasteiger partial charge < -0.3 is 10.0 Å². The number of rotatable bonds is 4. The lowest BCUT2D eigenvalue weighted by molar-refractivity contribution is -0.140. The van der Waals surface area contributed by atoms with E-state index in [1.165, 1.54) is 11.1 Å². The van der Waals surface area contributed by atoms with Crippen molar-refractivity contribution >= 4 is 11.7 Å². The van der Waals surface area contributed by atoms with E-state index >= 15 is 0 Å². The summed E-state index contributed by atoms with van der Waals surface area (Å²) in [4.78, 5) is 12.8. The van der Waals surface area contributed by atoms with Gasteiger partial charge in [0.15, 0.2) is 0 Å². The number of hydrogen-bond acceptors (Lipinski definition) is 2. The SMILES string of the molecule is Cc1ccc(N(C)CC(C)C(=O)O)c(C)c1. The lowest BCUT2D eigenvalue weighted by Gasteiger charge is -2.23. The maximum absolute atomic E-state index is 10.8. The fourth-order valence-electron chi connectivity index (χ4n) is 1.82. The van der Waals surface area contributed by atoms with Crippen LogP contribution in [0.5, 0.6) is 0 Å². The first kappa shape index (κ1) is 12.6. The molecule has 3 nitrogen and oxygen atoms in total. The largest absolute Gasteiger partial charge is 0.481 e. The number of carboxylic acid groups (broad SMARTS) is 1. The summed E-state index contributed by atoms with van der Waals surface area (Å²) in [5.41, 5.74) is 3.50. The molecule has 0 spiro atoms. The smallest absolute Gasteiger partial charge is 0.308 e. The molecule has 0 bridgehead atoms. The monoisotopic (exact) mass is 221 g/mol. The molecule has 0 aromatic heterocycles. The third-order valence-corrected chi connectivity index (χ3v) is 2.73. The van der Waals surface area contributed by atoms with Crippen LogP contribution in [0.25, 0.3) is 0 Å². The van der Waals surface area contributed by atoms with Crippen molar-refractivity contribution in [2.24, 2.45) is 5.92 Å². The maximum Gasteiger partial charge on any atom is 0.308 e. The van der Waals surface area contributed by atoms with Crippen LogP contribution >= 0.6 is 0 Å². The number of benzene rings is 1. The van der Waals surface area contributed by atoms with E-state index in [4.69, 9.17) is 5.11 Å². The Morgan fingerprint density at radius 3 is 2.56 bits per heavy atom. The van der Waals surface area contributed by atoms with Gasteiger partial charge in [0, 0.05) is 19.3 Å². The van der Waals surface area contributed by atoms with E-state index in [1.54, 1.807) is 6.92 Å². The van der Waals surface area contributed by atoms with E-state index in [2.05, 4.69) is 13.0 Å². The first-order valence-corrected chi connectivity index (χ1v) is 5.43. The Kier molecular flexibility index (Phi) is 3.93. The van der Waals surface area contributed by atoms with E-state index < -0.39 is 5.97 Å². The summed E-state index contributed by atoms with van der Waals surface area (Å²) in [6.07, 6.45) is 0. The fraction of sp³-hybridized carbons (Fsp3) is 0.462. The predicted molar refractivity (Wildman–Crippen MR) is 66.0 cm³/mol. The van der Waals surface area contributed by atoms with Crippen molar-refractivity contribution in [3.05, 3.63) is 29.3 Å². The lowest BCUT2D eigenvalue weighted by Crippen LogP contribution is -2.28. The Morgan fingerprint density at radius 2 is 2.06 bits per heavy atom. The van der Waals surface area contributed by atoms with Crippen molar-refractivity contribution in [3.8, 4) is 0 Å². The van der Waals surface area contributed by atoms with E-state index in [-0.39, 0.29) is 5.92 Å². The molecule has 1 atom stereocenters. The molecule has 1 aromatic rings. The molecule has 88 valence electrons. The highest BCUT2D eigenvalue weighted by atomic mass is 16.4. The molecule has 1 rings (SSSR count). The Bertz CT molecular complexity index is 388. The van der Waals surface area contributed by atoms with Gasteiger partial charge in [-0.2, -0.15) is 0 Å². The Morgan fingerprint density at radius 1 is 1.44 bits per heavy atom. The number of aliphatic carboxylic acids is 1. The first-order chi connectivity index (χ1) is 7.41. The van der Waals surface area contributed by atoms with Crippen molar-refractivity contribution in [3.63, 3.8) is 0 Å². The average Bonchev–Trinajstić information content (AvgIpc) is 2.16. The highest BCUT2D eigenvalue weighted by Crippen LogP contribution is 2.20. The molecular formula is C13H19NO2. The molecule has 0 radical (unpaired) electrons. The summed E-state index contributed by atoms with van der Waals surface area (Å²) in [5.74, 6) is -1.11. The Balaban J connectivity index is 2.80. The standard InChI is InChI=1S/C13H19NO2/c1-9-5-6-12(10(2)7-9)14(4)8-11(3)13(15)16/h5-7,11H,8H2,1-4H3,(H,15,16). The van der Waals surface area contributed by atoms with Crippen LogP contribution in [-0.4, -0.2) is 24.7 Å². The molecular weight excluding hydrogens is 202 g/mol. The second-order valence-corrected chi connectivity index (χ2v) is 4.41. The predicted octanol–water partition coefficient (Wildman–Crippen LogP) is 2.46. The number of anilines is 1. The Hall–Kier alpha value is -1.51. The fourth-order valence-corrected chi connectivity index (χ4v) is 1.82. The lowest BCUT2D eigenvalue weighted by atomic mass is 10.1. The highest BCUT2D eigenvalue weighted by molar-refractivity contribution is 5.70. The van der Waals surface area contributed by atoms with Crippen molar-refractivity contribution in [1.82, 2.24) is 0 Å². The quantitative estimate of drug-likeness (QED) is 0.849. The van der Waals surface area contributed by atoms with Gasteiger partial charge in [0.2, 0.25) is 0 Å². The van der Waals surface area contributed by atoms with Gasteiger partial charge >= 0.3 is 5.97 Å². The molecule has 16 heavy (non-hydrogen) atoms. The summed E-state index contributed by atoms with van der Waals surface area (Å²) in [6, 6.07) is 6.20. The Labute approximate surface area is 96.7 Å². The molecule has 1 N–H and O–H groups in total. The van der Waals surface area contributed by atoms with Gasteiger partial charge in [0.1, 0.15) is 0 Å². The van der Waals surface area contributed by atoms with Crippen molar-refractivity contribution < 1.29 is 9.90 Å². The molecule has 0 saturated heterocycles. The zero-order valence-electron chi connectivity index (χ0n) is 10.3. The minimum atomic E-state index is -0.753. The maximum atomic E-state index is 10.8. The number of carbonyl (C=O) groups is 1. The van der Waals surface area contributed by atoms with Crippen LogP contribution in [0.1, 0.15) is 18.1 Å². The molecule has 0 fully saturated rings. The summed E-state index contributed by atoms with van der Waals surface area (Å²) in [6.45, 7) is 6.35. The molecule has 3 heteroatoms. The minimum Gasteiger partial charge on any atom is -0.481 e. The number of hydrogen-bond donors (Lipinski definition) is 1. The van der Waals surface area contributed by atoms with E-state index in [0.717, 1.165) is 5.69 Å². The molecule has 0 aliphatic heterocycles. The van der Waals surface area contributed by atoms with Crippen LogP contribution in [0.15, 0.2) is 18.2 Å². The van der Waals surface area contributed by atoms with E-state index in [9.17, 15) is 4.79 Å². The van der Waals surface area contributed by atoms with Gasteiger partial charge in [0.05, 0.1) is 5.92 Å². The van der Waals surface area contributed by atoms with Gasteiger partial charge in [-0.1, -0.05) is 24.6 Å². The van der Waals surface area contributed by atoms with Gasteiger partial charge in [-0.3, -0.25) is 4.79 Å². The topological polar surface area (TPSA) is 40.5 Å². The van der Waals surface area contributed by atoms with Crippen LogP contribution in [0, 0.1) is 19.8 Å². The molecule has 0 aliphatic carbocycles. The van der Waals surface area contributed by atoms with Gasteiger partial charge in [-0.15, -0.1) is 0 Å². The second-order valence-electron chi connectivity index (χ2n) is 4.41. The van der Waals surface area contributed by atoms with Crippen LogP contribution in [0.3, 0.4) is 0 Å². The molecule has 1 unspecified atom stereocenters. The summed E-state index contributed by atoms with van der Waals surface area (Å²) >= 11 is 0. The molecule has 0 aliphatic rings. The number of carboxylic acids is 1. The van der Waals surface area contributed by atoms with Crippen LogP contribution in [-0.2, 0) is 4.79 Å². The van der Waals surface area contributed by atoms with Crippen molar-refractivity contribution in [2.45, 2.75) is 20.8 Å². The third kappa shape index (κ3) is 2.99. The molecule has 0 amide bonds. The third-order valence-electron chi connectivity index (χ3n) is 2.73. The van der Waals surface area contributed by atoms with Crippen LogP contribution in [0.4, 0.5) is 5.69 Å².